The highest BCUT2D eigenvalue weighted by molar-refractivity contribution is 6.90. The molecule has 0 saturated heterocycles. The lowest BCUT2D eigenvalue weighted by atomic mass is 9.40. The van der Waals surface area contributed by atoms with Gasteiger partial charge >= 0.3 is 6.85 Å². The summed E-state index contributed by atoms with van der Waals surface area (Å²) in [4.78, 5) is 2.62. The van der Waals surface area contributed by atoms with E-state index in [1.165, 1.54) is 66.6 Å². The summed E-state index contributed by atoms with van der Waals surface area (Å²) in [6, 6.07) is 47.2. The average Bonchev–Trinajstić information content (AvgIpc) is 3.57. The molecule has 0 saturated carbocycles. The van der Waals surface area contributed by atoms with E-state index in [1.807, 2.05) is 0 Å². The van der Waals surface area contributed by atoms with Gasteiger partial charge in [0.15, 0.2) is 5.58 Å². The second-order valence-corrected chi connectivity index (χ2v) is 13.4. The van der Waals surface area contributed by atoms with E-state index in [2.05, 4.69) is 153 Å². The lowest BCUT2D eigenvalue weighted by molar-refractivity contribution is 0.625. The first-order chi connectivity index (χ1) is 21.5. The van der Waals surface area contributed by atoms with Crippen LogP contribution in [0.1, 0.15) is 48.6 Å². The topological polar surface area (TPSA) is 16.4 Å². The van der Waals surface area contributed by atoms with Gasteiger partial charge in [-0.05, 0) is 68.9 Å². The fourth-order valence-electron chi connectivity index (χ4n) is 9.05. The van der Waals surface area contributed by atoms with Gasteiger partial charge in [-0.3, -0.25) is 0 Å². The zero-order chi connectivity index (χ0) is 29.4. The SMILES string of the molecule is CC1(C)c2ccccc2N(B2c3ccccc3C3(C)c4ccccc4-c4cccc2c43)c2c1ccc1c2oc2ccccc21. The Balaban J connectivity index is 1.36. The molecular formula is C41H30BNO. The van der Waals surface area contributed by atoms with Gasteiger partial charge in [-0.1, -0.05) is 129 Å². The van der Waals surface area contributed by atoms with Crippen LogP contribution in [0.2, 0.25) is 0 Å². The average molecular weight is 564 g/mol. The number of rotatable bonds is 1. The summed E-state index contributed by atoms with van der Waals surface area (Å²) in [5, 5.41) is 2.33. The number of para-hydroxylation sites is 2. The predicted molar refractivity (Wildman–Crippen MR) is 183 cm³/mol. The Hall–Kier alpha value is -5.02. The van der Waals surface area contributed by atoms with Crippen molar-refractivity contribution in [3.63, 3.8) is 0 Å². The molecule has 10 rings (SSSR count). The van der Waals surface area contributed by atoms with Gasteiger partial charge in [0.05, 0.1) is 5.69 Å². The molecule has 1 atom stereocenters. The van der Waals surface area contributed by atoms with Gasteiger partial charge in [0, 0.05) is 27.3 Å². The van der Waals surface area contributed by atoms with E-state index in [1.54, 1.807) is 0 Å². The highest BCUT2D eigenvalue weighted by atomic mass is 16.3. The summed E-state index contributed by atoms with van der Waals surface area (Å²) in [5.41, 5.74) is 16.2. The van der Waals surface area contributed by atoms with Crippen molar-refractivity contribution in [1.29, 1.82) is 0 Å². The van der Waals surface area contributed by atoms with Gasteiger partial charge in [-0.2, -0.15) is 0 Å². The maximum absolute atomic E-state index is 6.84. The Morgan fingerprint density at radius 1 is 0.545 bits per heavy atom. The molecule has 0 amide bonds. The molecule has 0 N–H and O–H groups in total. The standard InChI is InChI=1S/C41H30BNO/c1-40(2)31-18-8-10-21-35(31)43(38-32(40)24-23-28-26-14-5-11-22-36(26)44-39(28)38)42-33-19-9-7-17-30(33)41(3)29-16-6-4-13-25(29)27-15-12-20-34(42)37(27)41/h4-24H,1-3H3. The monoisotopic (exact) mass is 563 g/mol. The number of hydrogen-bond acceptors (Lipinski definition) is 2. The molecule has 0 fully saturated rings. The van der Waals surface area contributed by atoms with Crippen molar-refractivity contribution >= 4 is 51.1 Å². The summed E-state index contributed by atoms with van der Waals surface area (Å²) in [6.45, 7) is 7.13. The third-order valence-electron chi connectivity index (χ3n) is 11.0. The fraction of sp³-hybridized carbons (Fsp3) is 0.122. The van der Waals surface area contributed by atoms with Crippen LogP contribution in [0.3, 0.4) is 0 Å². The quantitative estimate of drug-likeness (QED) is 0.186. The van der Waals surface area contributed by atoms with Crippen LogP contribution in [0.25, 0.3) is 33.1 Å². The number of fused-ring (bicyclic) bond motifs is 11. The van der Waals surface area contributed by atoms with Gasteiger partial charge in [0.2, 0.25) is 0 Å². The van der Waals surface area contributed by atoms with E-state index in [9.17, 15) is 0 Å². The molecule has 44 heavy (non-hydrogen) atoms. The van der Waals surface area contributed by atoms with Crippen LogP contribution < -0.4 is 15.7 Å². The normalized spacial score (nSPS) is 18.5. The molecule has 208 valence electrons. The van der Waals surface area contributed by atoms with Crippen LogP contribution in [-0.4, -0.2) is 6.85 Å². The van der Waals surface area contributed by atoms with E-state index in [-0.39, 0.29) is 17.7 Å². The maximum atomic E-state index is 6.84. The first kappa shape index (κ1) is 24.4. The molecule has 7 aromatic rings. The van der Waals surface area contributed by atoms with Crippen LogP contribution in [-0.2, 0) is 10.8 Å². The second kappa shape index (κ2) is 8.12. The minimum atomic E-state index is -0.224. The Kier molecular flexibility index (Phi) is 4.51. The Labute approximate surface area is 257 Å². The molecule has 2 aliphatic heterocycles. The minimum absolute atomic E-state index is 0.0293. The van der Waals surface area contributed by atoms with Crippen LogP contribution >= 0.6 is 0 Å². The smallest absolute Gasteiger partial charge is 0.328 e. The van der Waals surface area contributed by atoms with Crippen molar-refractivity contribution in [3.05, 3.63) is 155 Å². The molecule has 0 bridgehead atoms. The Morgan fingerprint density at radius 3 is 2.11 bits per heavy atom. The van der Waals surface area contributed by atoms with Crippen molar-refractivity contribution < 1.29 is 4.42 Å². The second-order valence-electron chi connectivity index (χ2n) is 13.4. The number of anilines is 2. The molecule has 3 heterocycles. The van der Waals surface area contributed by atoms with Crippen molar-refractivity contribution in [2.75, 3.05) is 4.81 Å². The summed E-state index contributed by atoms with van der Waals surface area (Å²) < 4.78 is 6.84. The van der Waals surface area contributed by atoms with Gasteiger partial charge in [0.1, 0.15) is 5.58 Å². The molecule has 3 heteroatoms. The van der Waals surface area contributed by atoms with Crippen LogP contribution in [0.4, 0.5) is 11.4 Å². The summed E-state index contributed by atoms with van der Waals surface area (Å²) in [5.74, 6) is 0. The number of hydrogen-bond donors (Lipinski definition) is 0. The predicted octanol–water partition coefficient (Wildman–Crippen LogP) is 8.82. The molecule has 6 aromatic carbocycles. The van der Waals surface area contributed by atoms with Gasteiger partial charge < -0.3 is 9.23 Å². The molecule has 1 aromatic heterocycles. The fourth-order valence-corrected chi connectivity index (χ4v) is 9.05. The maximum Gasteiger partial charge on any atom is 0.328 e. The molecular weight excluding hydrogens is 533 g/mol. The summed E-state index contributed by atoms with van der Waals surface area (Å²) in [6.07, 6.45) is 0. The van der Waals surface area contributed by atoms with Gasteiger partial charge in [0.25, 0.3) is 0 Å². The van der Waals surface area contributed by atoms with E-state index in [0.717, 1.165) is 16.6 Å². The zero-order valence-electron chi connectivity index (χ0n) is 25.1. The third kappa shape index (κ3) is 2.75. The van der Waals surface area contributed by atoms with E-state index in [4.69, 9.17) is 4.42 Å². The lowest BCUT2D eigenvalue weighted by Gasteiger charge is -2.48. The zero-order valence-corrected chi connectivity index (χ0v) is 25.1. The minimum Gasteiger partial charge on any atom is -0.454 e. The summed E-state index contributed by atoms with van der Waals surface area (Å²) in [7, 11) is 0. The number of nitrogens with zero attached hydrogens (tertiary/aromatic N) is 1. The van der Waals surface area contributed by atoms with Crippen LogP contribution in [0.5, 0.6) is 0 Å². The van der Waals surface area contributed by atoms with Crippen molar-refractivity contribution in [2.24, 2.45) is 0 Å². The molecule has 2 nitrogen and oxygen atoms in total. The highest BCUT2D eigenvalue weighted by Crippen LogP contribution is 2.56. The van der Waals surface area contributed by atoms with Gasteiger partial charge in [-0.25, -0.2) is 0 Å². The van der Waals surface area contributed by atoms with Crippen LogP contribution in [0.15, 0.2) is 132 Å². The first-order valence-electron chi connectivity index (χ1n) is 15.7. The molecule has 1 aliphatic carbocycles. The van der Waals surface area contributed by atoms with E-state index in [0.29, 0.717) is 0 Å². The first-order valence-corrected chi connectivity index (χ1v) is 15.7. The Morgan fingerprint density at radius 2 is 1.23 bits per heavy atom. The van der Waals surface area contributed by atoms with Gasteiger partial charge in [-0.15, -0.1) is 0 Å². The van der Waals surface area contributed by atoms with Crippen molar-refractivity contribution in [3.8, 4) is 11.1 Å². The third-order valence-corrected chi connectivity index (χ3v) is 11.0. The lowest BCUT2D eigenvalue weighted by Crippen LogP contribution is -2.63. The Bertz CT molecular complexity index is 2360. The molecule has 3 aliphatic rings. The van der Waals surface area contributed by atoms with E-state index < -0.39 is 0 Å². The highest BCUT2D eigenvalue weighted by Gasteiger charge is 2.53. The number of furan rings is 1. The van der Waals surface area contributed by atoms with Crippen LogP contribution in [0, 0.1) is 0 Å². The molecule has 0 spiro atoms. The summed E-state index contributed by atoms with van der Waals surface area (Å²) >= 11 is 0. The largest absolute Gasteiger partial charge is 0.454 e. The number of benzene rings is 6. The molecule has 1 unspecified atom stereocenters. The van der Waals surface area contributed by atoms with Crippen molar-refractivity contribution in [2.45, 2.75) is 31.6 Å². The van der Waals surface area contributed by atoms with Crippen molar-refractivity contribution in [1.82, 2.24) is 0 Å². The molecule has 0 radical (unpaired) electrons. The van der Waals surface area contributed by atoms with E-state index >= 15 is 0 Å².